The third-order valence-electron chi connectivity index (χ3n) is 4.68. The smallest absolute Gasteiger partial charge is 0.0478 e. The minimum absolute atomic E-state index is 0.425. The molecule has 2 nitrogen and oxygen atoms in total. The molecule has 0 aromatic heterocycles. The van der Waals surface area contributed by atoms with E-state index < -0.39 is 0 Å². The van der Waals surface area contributed by atoms with Gasteiger partial charge in [0.05, 0.1) is 0 Å². The number of nitrogens with zero attached hydrogens (tertiary/aromatic N) is 1. The van der Waals surface area contributed by atoms with E-state index in [2.05, 4.69) is 36.9 Å². The summed E-state index contributed by atoms with van der Waals surface area (Å²) in [6.45, 7) is 6.47. The summed E-state index contributed by atoms with van der Waals surface area (Å²) in [7, 11) is 0. The minimum Gasteiger partial charge on any atom is -0.329 e. The van der Waals surface area contributed by atoms with E-state index in [1.54, 1.807) is 0 Å². The van der Waals surface area contributed by atoms with Gasteiger partial charge in [-0.3, -0.25) is 4.90 Å². The molecular weight excluding hydrogens is 232 g/mol. The van der Waals surface area contributed by atoms with Crippen molar-refractivity contribution >= 4 is 0 Å². The van der Waals surface area contributed by atoms with Crippen LogP contribution in [0.5, 0.6) is 0 Å². The molecule has 2 aliphatic carbocycles. The van der Waals surface area contributed by atoms with Crippen LogP contribution in [0.2, 0.25) is 0 Å². The molecule has 0 aliphatic heterocycles. The zero-order valence-electron chi connectivity index (χ0n) is 12.2. The van der Waals surface area contributed by atoms with Gasteiger partial charge in [0.1, 0.15) is 0 Å². The summed E-state index contributed by atoms with van der Waals surface area (Å²) in [5.74, 6) is 0.943. The Balaban J connectivity index is 1.88. The van der Waals surface area contributed by atoms with Gasteiger partial charge in [-0.2, -0.15) is 0 Å². The van der Waals surface area contributed by atoms with Gasteiger partial charge in [0.15, 0.2) is 0 Å². The molecule has 0 spiro atoms. The lowest BCUT2D eigenvalue weighted by molar-refractivity contribution is 0.181. The van der Waals surface area contributed by atoms with Crippen molar-refractivity contribution in [2.75, 3.05) is 13.1 Å². The first kappa shape index (κ1) is 13.1. The van der Waals surface area contributed by atoms with Crippen LogP contribution in [-0.4, -0.2) is 24.0 Å². The van der Waals surface area contributed by atoms with E-state index in [-0.39, 0.29) is 0 Å². The minimum atomic E-state index is 0.425. The number of aryl methyl sites for hydroxylation is 2. The van der Waals surface area contributed by atoms with Crippen LogP contribution in [0.1, 0.15) is 48.4 Å². The van der Waals surface area contributed by atoms with Crippen LogP contribution in [0.4, 0.5) is 0 Å². The zero-order chi connectivity index (χ0) is 13.4. The second-order valence-electron chi connectivity index (χ2n) is 6.43. The van der Waals surface area contributed by atoms with E-state index in [9.17, 15) is 0 Å². The lowest BCUT2D eigenvalue weighted by Crippen LogP contribution is -2.37. The van der Waals surface area contributed by atoms with Crippen molar-refractivity contribution in [3.05, 3.63) is 34.9 Å². The Morgan fingerprint density at radius 1 is 1.16 bits per heavy atom. The summed E-state index contributed by atoms with van der Waals surface area (Å²) >= 11 is 0. The molecule has 19 heavy (non-hydrogen) atoms. The van der Waals surface area contributed by atoms with Crippen LogP contribution >= 0.6 is 0 Å². The number of benzene rings is 1. The predicted molar refractivity (Wildman–Crippen MR) is 80.2 cm³/mol. The first-order chi connectivity index (χ1) is 9.20. The molecule has 0 amide bonds. The van der Waals surface area contributed by atoms with Crippen molar-refractivity contribution in [3.8, 4) is 0 Å². The van der Waals surface area contributed by atoms with Gasteiger partial charge in [0.2, 0.25) is 0 Å². The van der Waals surface area contributed by atoms with Crippen LogP contribution in [-0.2, 0) is 0 Å². The van der Waals surface area contributed by atoms with Crippen molar-refractivity contribution in [1.29, 1.82) is 0 Å². The SMILES string of the molecule is Cc1cccc(C)c1C(CN)N(CC1CC1)C1CC1. The second kappa shape index (κ2) is 5.26. The maximum Gasteiger partial charge on any atom is 0.0478 e. The average Bonchev–Trinajstić information content (AvgIpc) is 3.26. The third kappa shape index (κ3) is 2.85. The summed E-state index contributed by atoms with van der Waals surface area (Å²) in [6.07, 6.45) is 5.59. The Morgan fingerprint density at radius 2 is 1.79 bits per heavy atom. The highest BCUT2D eigenvalue weighted by Gasteiger charge is 2.38. The van der Waals surface area contributed by atoms with E-state index >= 15 is 0 Å². The van der Waals surface area contributed by atoms with E-state index in [4.69, 9.17) is 5.73 Å². The Labute approximate surface area is 117 Å². The Kier molecular flexibility index (Phi) is 3.64. The van der Waals surface area contributed by atoms with Gasteiger partial charge in [-0.25, -0.2) is 0 Å². The highest BCUT2D eigenvalue weighted by atomic mass is 15.2. The summed E-state index contributed by atoms with van der Waals surface area (Å²) < 4.78 is 0. The topological polar surface area (TPSA) is 29.3 Å². The molecule has 3 rings (SSSR count). The fourth-order valence-electron chi connectivity index (χ4n) is 3.31. The lowest BCUT2D eigenvalue weighted by atomic mass is 9.94. The van der Waals surface area contributed by atoms with Crippen LogP contribution < -0.4 is 5.73 Å². The molecule has 2 saturated carbocycles. The predicted octanol–water partition coefficient (Wildman–Crippen LogP) is 3.18. The molecule has 2 heteroatoms. The van der Waals surface area contributed by atoms with Gasteiger partial charge >= 0.3 is 0 Å². The largest absolute Gasteiger partial charge is 0.329 e. The standard InChI is InChI=1S/C17H26N2/c1-12-4-3-5-13(2)17(12)16(10-18)19(15-8-9-15)11-14-6-7-14/h3-5,14-16H,6-11,18H2,1-2H3. The van der Waals surface area contributed by atoms with Gasteiger partial charge in [-0.15, -0.1) is 0 Å². The van der Waals surface area contributed by atoms with Crippen molar-refractivity contribution in [2.24, 2.45) is 11.7 Å². The fourth-order valence-corrected chi connectivity index (χ4v) is 3.31. The van der Waals surface area contributed by atoms with Crippen LogP contribution in [0, 0.1) is 19.8 Å². The molecule has 1 atom stereocenters. The Morgan fingerprint density at radius 3 is 2.26 bits per heavy atom. The van der Waals surface area contributed by atoms with Crippen molar-refractivity contribution in [2.45, 2.75) is 51.6 Å². The highest BCUT2D eigenvalue weighted by Crippen LogP contribution is 2.40. The van der Waals surface area contributed by atoms with Gasteiger partial charge < -0.3 is 5.73 Å². The van der Waals surface area contributed by atoms with Crippen molar-refractivity contribution in [1.82, 2.24) is 4.90 Å². The van der Waals surface area contributed by atoms with Crippen molar-refractivity contribution in [3.63, 3.8) is 0 Å². The molecule has 2 aliphatic rings. The first-order valence-electron chi connectivity index (χ1n) is 7.72. The molecule has 104 valence electrons. The molecule has 1 unspecified atom stereocenters. The third-order valence-corrected chi connectivity index (χ3v) is 4.68. The normalized spacial score (nSPS) is 20.8. The van der Waals surface area contributed by atoms with E-state index in [1.807, 2.05) is 0 Å². The molecule has 1 aromatic rings. The van der Waals surface area contributed by atoms with E-state index in [0.717, 1.165) is 18.5 Å². The second-order valence-corrected chi connectivity index (χ2v) is 6.43. The molecule has 2 fully saturated rings. The van der Waals surface area contributed by atoms with E-state index in [1.165, 1.54) is 48.9 Å². The number of rotatable bonds is 6. The summed E-state index contributed by atoms with van der Waals surface area (Å²) in [5, 5.41) is 0. The first-order valence-corrected chi connectivity index (χ1v) is 7.72. The quantitative estimate of drug-likeness (QED) is 0.849. The Hall–Kier alpha value is -0.860. The number of nitrogens with two attached hydrogens (primary N) is 1. The monoisotopic (exact) mass is 258 g/mol. The van der Waals surface area contributed by atoms with Gasteiger partial charge in [0.25, 0.3) is 0 Å². The Bertz CT molecular complexity index is 426. The van der Waals surface area contributed by atoms with Gasteiger partial charge in [0, 0.05) is 25.2 Å². The summed E-state index contributed by atoms with van der Waals surface area (Å²) in [6, 6.07) is 7.84. The maximum absolute atomic E-state index is 6.16. The van der Waals surface area contributed by atoms with Crippen LogP contribution in [0.15, 0.2) is 18.2 Å². The molecule has 0 radical (unpaired) electrons. The average molecular weight is 258 g/mol. The number of hydrogen-bond acceptors (Lipinski definition) is 2. The van der Waals surface area contributed by atoms with Gasteiger partial charge in [-0.05, 0) is 62.1 Å². The molecule has 0 heterocycles. The van der Waals surface area contributed by atoms with Crippen molar-refractivity contribution < 1.29 is 0 Å². The van der Waals surface area contributed by atoms with Crippen LogP contribution in [0.25, 0.3) is 0 Å². The molecule has 1 aromatic carbocycles. The lowest BCUT2D eigenvalue weighted by Gasteiger charge is -2.33. The number of hydrogen-bond donors (Lipinski definition) is 1. The molecule has 0 saturated heterocycles. The van der Waals surface area contributed by atoms with Gasteiger partial charge in [-0.1, -0.05) is 18.2 Å². The summed E-state index contributed by atoms with van der Waals surface area (Å²) in [4.78, 5) is 2.72. The fraction of sp³-hybridized carbons (Fsp3) is 0.647. The molecular formula is C17H26N2. The highest BCUT2D eigenvalue weighted by molar-refractivity contribution is 5.36. The maximum atomic E-state index is 6.16. The van der Waals surface area contributed by atoms with E-state index in [0.29, 0.717) is 6.04 Å². The summed E-state index contributed by atoms with van der Waals surface area (Å²) in [5.41, 5.74) is 10.4. The molecule has 2 N–H and O–H groups in total. The zero-order valence-corrected chi connectivity index (χ0v) is 12.2. The van der Waals surface area contributed by atoms with Crippen LogP contribution in [0.3, 0.4) is 0 Å². The molecule has 0 bridgehead atoms.